The molecule has 192 valence electrons. The zero-order valence-electron chi connectivity index (χ0n) is 20.4. The number of alkyl halides is 3. The first kappa shape index (κ1) is 25.5. The summed E-state index contributed by atoms with van der Waals surface area (Å²) in [4.78, 5) is 22.7. The van der Waals surface area contributed by atoms with Crippen molar-refractivity contribution >= 4 is 12.0 Å². The summed E-state index contributed by atoms with van der Waals surface area (Å²) in [7, 11) is 0. The third kappa shape index (κ3) is 6.17. The molecule has 3 aromatic rings. The Morgan fingerprint density at radius 1 is 1.22 bits per heavy atom. The van der Waals surface area contributed by atoms with Crippen LogP contribution in [-0.4, -0.2) is 66.6 Å². The van der Waals surface area contributed by atoms with Crippen LogP contribution in [0.2, 0.25) is 0 Å². The van der Waals surface area contributed by atoms with E-state index in [9.17, 15) is 18.0 Å². The molecule has 0 radical (unpaired) electrons. The number of benzene rings is 1. The van der Waals surface area contributed by atoms with Crippen molar-refractivity contribution in [1.29, 1.82) is 0 Å². The van der Waals surface area contributed by atoms with Crippen molar-refractivity contribution in [3.8, 4) is 0 Å². The van der Waals surface area contributed by atoms with E-state index in [1.807, 2.05) is 11.8 Å². The maximum atomic E-state index is 13.3. The van der Waals surface area contributed by atoms with E-state index in [2.05, 4.69) is 25.3 Å². The van der Waals surface area contributed by atoms with E-state index in [1.54, 1.807) is 26.2 Å². The minimum atomic E-state index is -4.49. The van der Waals surface area contributed by atoms with Gasteiger partial charge < -0.3 is 9.32 Å². The lowest BCUT2D eigenvalue weighted by molar-refractivity contribution is -0.137. The van der Waals surface area contributed by atoms with Crippen LogP contribution in [0.25, 0.3) is 6.08 Å². The van der Waals surface area contributed by atoms with Gasteiger partial charge in [0.2, 0.25) is 5.91 Å². The molecule has 4 rings (SSSR count). The summed E-state index contributed by atoms with van der Waals surface area (Å²) in [5.74, 6) is 0.852. The molecule has 0 saturated carbocycles. The van der Waals surface area contributed by atoms with Crippen molar-refractivity contribution in [2.24, 2.45) is 0 Å². The molecule has 1 aliphatic rings. The summed E-state index contributed by atoms with van der Waals surface area (Å²) in [6.45, 7) is 8.04. The van der Waals surface area contributed by atoms with Gasteiger partial charge in [-0.15, -0.1) is 10.2 Å². The van der Waals surface area contributed by atoms with E-state index in [4.69, 9.17) is 4.42 Å². The quantitative estimate of drug-likeness (QED) is 0.456. The fourth-order valence-corrected chi connectivity index (χ4v) is 4.29. The van der Waals surface area contributed by atoms with Crippen molar-refractivity contribution in [2.45, 2.75) is 52.5 Å². The normalized spacial score (nSPS) is 17.3. The monoisotopic (exact) mass is 503 g/mol. The second kappa shape index (κ2) is 10.6. The van der Waals surface area contributed by atoms with Crippen LogP contribution in [-0.2, 0) is 24.1 Å². The predicted molar refractivity (Wildman–Crippen MR) is 124 cm³/mol. The van der Waals surface area contributed by atoms with E-state index in [0.29, 0.717) is 49.0 Å². The molecule has 0 N–H and O–H groups in total. The van der Waals surface area contributed by atoms with Gasteiger partial charge in [0.15, 0.2) is 11.7 Å². The van der Waals surface area contributed by atoms with Crippen LogP contribution in [0.15, 0.2) is 35.0 Å². The Kier molecular flexibility index (Phi) is 7.53. The van der Waals surface area contributed by atoms with Crippen molar-refractivity contribution in [2.75, 3.05) is 19.6 Å². The minimum absolute atomic E-state index is 0.00357. The van der Waals surface area contributed by atoms with E-state index in [1.165, 1.54) is 16.9 Å². The van der Waals surface area contributed by atoms with Crippen LogP contribution in [0.1, 0.15) is 47.4 Å². The number of carbonyl (C=O) groups excluding carboxylic acids is 1. The molecule has 0 spiro atoms. The summed E-state index contributed by atoms with van der Waals surface area (Å²) in [6, 6.07) is 3.44. The van der Waals surface area contributed by atoms with Gasteiger partial charge in [0.25, 0.3) is 0 Å². The molecule has 0 aliphatic carbocycles. The molecule has 1 fully saturated rings. The molecular formula is C24H28F3N7O2. The van der Waals surface area contributed by atoms with Crippen LogP contribution >= 0.6 is 0 Å². The fourth-order valence-electron chi connectivity index (χ4n) is 4.29. The Hall–Kier alpha value is -3.54. The molecule has 12 heteroatoms. The van der Waals surface area contributed by atoms with Crippen molar-refractivity contribution in [1.82, 2.24) is 35.0 Å². The first-order valence-electron chi connectivity index (χ1n) is 11.7. The molecule has 1 aliphatic heterocycles. The SMILES string of the molecule is CC[C@@H]1CN(Cc2coc(C)n2)CCN1C(=O)/C=C/c1ccc(C(F)(F)F)cc1Cn1nnc(C)n1. The summed E-state index contributed by atoms with van der Waals surface area (Å²) >= 11 is 0. The predicted octanol–water partition coefficient (Wildman–Crippen LogP) is 3.48. The van der Waals surface area contributed by atoms with E-state index in [-0.39, 0.29) is 18.5 Å². The van der Waals surface area contributed by atoms with E-state index < -0.39 is 11.7 Å². The molecule has 36 heavy (non-hydrogen) atoms. The average molecular weight is 504 g/mol. The molecule has 1 saturated heterocycles. The van der Waals surface area contributed by atoms with Crippen molar-refractivity contribution in [3.05, 3.63) is 64.6 Å². The largest absolute Gasteiger partial charge is 0.449 e. The number of amides is 1. The number of tetrazole rings is 1. The highest BCUT2D eigenvalue weighted by Gasteiger charge is 2.31. The maximum Gasteiger partial charge on any atom is 0.416 e. The third-order valence-electron chi connectivity index (χ3n) is 6.11. The fraction of sp³-hybridized carbons (Fsp3) is 0.458. The Balaban J connectivity index is 1.48. The van der Waals surface area contributed by atoms with Crippen molar-refractivity contribution < 1.29 is 22.4 Å². The lowest BCUT2D eigenvalue weighted by Crippen LogP contribution is -2.54. The summed E-state index contributed by atoms with van der Waals surface area (Å²) in [5, 5.41) is 11.7. The number of aryl methyl sites for hydroxylation is 2. The molecule has 2 aromatic heterocycles. The Morgan fingerprint density at radius 2 is 2.03 bits per heavy atom. The minimum Gasteiger partial charge on any atom is -0.449 e. The van der Waals surface area contributed by atoms with Crippen LogP contribution in [0.4, 0.5) is 13.2 Å². The number of aromatic nitrogens is 5. The Bertz CT molecular complexity index is 1230. The third-order valence-corrected chi connectivity index (χ3v) is 6.11. The first-order valence-corrected chi connectivity index (χ1v) is 11.7. The van der Waals surface area contributed by atoms with Crippen LogP contribution < -0.4 is 0 Å². The van der Waals surface area contributed by atoms with Crippen LogP contribution in [0.5, 0.6) is 0 Å². The van der Waals surface area contributed by atoms with Crippen LogP contribution in [0, 0.1) is 13.8 Å². The number of rotatable bonds is 7. The number of oxazole rings is 1. The molecule has 1 amide bonds. The zero-order chi connectivity index (χ0) is 25.9. The highest BCUT2D eigenvalue weighted by atomic mass is 19.4. The lowest BCUT2D eigenvalue weighted by atomic mass is 10.0. The first-order chi connectivity index (χ1) is 17.1. The second-order valence-electron chi connectivity index (χ2n) is 8.80. The highest BCUT2D eigenvalue weighted by Crippen LogP contribution is 2.31. The number of nitrogens with zero attached hydrogens (tertiary/aromatic N) is 7. The molecular weight excluding hydrogens is 475 g/mol. The Labute approximate surface area is 206 Å². The highest BCUT2D eigenvalue weighted by molar-refractivity contribution is 5.92. The van der Waals surface area contributed by atoms with Gasteiger partial charge in [-0.2, -0.15) is 18.0 Å². The van der Waals surface area contributed by atoms with Gasteiger partial charge in [-0.1, -0.05) is 13.0 Å². The smallest absolute Gasteiger partial charge is 0.416 e. The molecule has 1 atom stereocenters. The number of piperazine rings is 1. The maximum absolute atomic E-state index is 13.3. The van der Waals surface area contributed by atoms with Gasteiger partial charge >= 0.3 is 6.18 Å². The van der Waals surface area contributed by atoms with Crippen molar-refractivity contribution in [3.63, 3.8) is 0 Å². The van der Waals surface area contributed by atoms with Gasteiger partial charge in [-0.25, -0.2) is 4.98 Å². The molecule has 9 nitrogen and oxygen atoms in total. The lowest BCUT2D eigenvalue weighted by Gasteiger charge is -2.40. The van der Waals surface area contributed by atoms with E-state index >= 15 is 0 Å². The molecule has 1 aromatic carbocycles. The molecule has 3 heterocycles. The number of hydrogen-bond acceptors (Lipinski definition) is 7. The zero-order valence-corrected chi connectivity index (χ0v) is 20.4. The topological polar surface area (TPSA) is 93.2 Å². The van der Waals surface area contributed by atoms with Gasteiger partial charge in [0.1, 0.15) is 6.26 Å². The van der Waals surface area contributed by atoms with Gasteiger partial charge in [-0.05, 0) is 47.9 Å². The average Bonchev–Trinajstić information content (AvgIpc) is 3.44. The molecule has 0 unspecified atom stereocenters. The van der Waals surface area contributed by atoms with Gasteiger partial charge in [-0.3, -0.25) is 9.69 Å². The second-order valence-corrected chi connectivity index (χ2v) is 8.80. The Morgan fingerprint density at radius 3 is 2.67 bits per heavy atom. The van der Waals surface area contributed by atoms with E-state index in [0.717, 1.165) is 24.2 Å². The van der Waals surface area contributed by atoms with Crippen LogP contribution in [0.3, 0.4) is 0 Å². The van der Waals surface area contributed by atoms with Gasteiger partial charge in [0, 0.05) is 45.2 Å². The standard InChI is InChI=1S/C24H28F3N7O2/c1-4-22-14-32(13-21-15-36-17(3)28-21)9-10-33(22)23(35)8-6-18-5-7-20(24(25,26)27)11-19(18)12-34-30-16(2)29-31-34/h5-8,11,15,22H,4,9-10,12-14H2,1-3H3/b8-6+/t22-/m1/s1. The van der Waals surface area contributed by atoms with Gasteiger partial charge in [0.05, 0.1) is 17.8 Å². The summed E-state index contributed by atoms with van der Waals surface area (Å²) in [5.41, 5.74) is 0.904. The summed E-state index contributed by atoms with van der Waals surface area (Å²) < 4.78 is 45.2. The molecule has 0 bridgehead atoms. The number of hydrogen-bond donors (Lipinski definition) is 0. The number of halogens is 3. The number of carbonyl (C=O) groups is 1. The summed E-state index contributed by atoms with van der Waals surface area (Å²) in [6.07, 6.45) is 0.909.